The largest absolute Gasteiger partial charge is 0.389 e. The summed E-state index contributed by atoms with van der Waals surface area (Å²) in [7, 11) is 0. The van der Waals surface area contributed by atoms with Crippen molar-refractivity contribution in [3.8, 4) is 0 Å². The van der Waals surface area contributed by atoms with Crippen LogP contribution in [-0.4, -0.2) is 23.2 Å². The average molecular weight is 300 g/mol. The molecule has 1 aromatic rings. The van der Waals surface area contributed by atoms with Crippen molar-refractivity contribution in [2.45, 2.75) is 33.3 Å². The maximum absolute atomic E-state index is 11.9. The molecule has 0 spiro atoms. The molecule has 0 saturated heterocycles. The van der Waals surface area contributed by atoms with E-state index in [0.717, 1.165) is 15.6 Å². The molecule has 0 aromatic heterocycles. The molecular weight excluding hydrogens is 282 g/mol. The first-order chi connectivity index (χ1) is 7.70. The fourth-order valence-corrected chi connectivity index (χ4v) is 1.70. The van der Waals surface area contributed by atoms with Crippen LogP contribution >= 0.6 is 15.9 Å². The van der Waals surface area contributed by atoms with Crippen molar-refractivity contribution >= 4 is 21.8 Å². The smallest absolute Gasteiger partial charge is 0.251 e. The molecule has 0 bridgehead atoms. The Labute approximate surface area is 110 Å². The summed E-state index contributed by atoms with van der Waals surface area (Å²) in [5.41, 5.74) is 1.78. The van der Waals surface area contributed by atoms with E-state index in [1.165, 1.54) is 0 Å². The van der Waals surface area contributed by atoms with E-state index in [-0.39, 0.29) is 12.5 Å². The van der Waals surface area contributed by atoms with Gasteiger partial charge in [-0.3, -0.25) is 4.79 Å². The summed E-state index contributed by atoms with van der Waals surface area (Å²) in [5, 5.41) is 12.3. The number of rotatable bonds is 3. The number of nitrogens with one attached hydrogen (secondary N) is 1. The first kappa shape index (κ1) is 14.2. The van der Waals surface area contributed by atoms with Crippen LogP contribution in [0.15, 0.2) is 16.6 Å². The lowest BCUT2D eigenvalue weighted by Crippen LogP contribution is -2.38. The molecule has 1 rings (SSSR count). The lowest BCUT2D eigenvalue weighted by molar-refractivity contribution is 0.0694. The molecule has 1 aromatic carbocycles. The molecule has 0 aliphatic heterocycles. The van der Waals surface area contributed by atoms with Crippen LogP contribution in [0.5, 0.6) is 0 Å². The molecular formula is C13H18BrNO2. The Morgan fingerprint density at radius 1 is 1.35 bits per heavy atom. The number of aliphatic hydroxyl groups is 1. The highest BCUT2D eigenvalue weighted by molar-refractivity contribution is 9.10. The molecule has 94 valence electrons. The van der Waals surface area contributed by atoms with E-state index < -0.39 is 5.60 Å². The molecule has 0 unspecified atom stereocenters. The monoisotopic (exact) mass is 299 g/mol. The van der Waals surface area contributed by atoms with Gasteiger partial charge < -0.3 is 10.4 Å². The summed E-state index contributed by atoms with van der Waals surface area (Å²) in [6.45, 7) is 7.45. The van der Waals surface area contributed by atoms with E-state index in [9.17, 15) is 9.90 Å². The number of hydrogen-bond acceptors (Lipinski definition) is 2. The van der Waals surface area contributed by atoms with E-state index >= 15 is 0 Å². The van der Waals surface area contributed by atoms with Gasteiger partial charge in [-0.05, 0) is 51.0 Å². The molecule has 3 nitrogen and oxygen atoms in total. The van der Waals surface area contributed by atoms with Gasteiger partial charge in [-0.15, -0.1) is 0 Å². The van der Waals surface area contributed by atoms with Gasteiger partial charge in [-0.1, -0.05) is 15.9 Å². The van der Waals surface area contributed by atoms with Gasteiger partial charge in [0.2, 0.25) is 0 Å². The predicted molar refractivity (Wildman–Crippen MR) is 72.2 cm³/mol. The molecule has 0 saturated carbocycles. The second kappa shape index (κ2) is 5.19. The zero-order valence-electron chi connectivity index (χ0n) is 10.6. The van der Waals surface area contributed by atoms with Crippen LogP contribution in [0, 0.1) is 13.8 Å². The van der Waals surface area contributed by atoms with Crippen molar-refractivity contribution in [2.24, 2.45) is 0 Å². The van der Waals surface area contributed by atoms with Gasteiger partial charge in [-0.25, -0.2) is 0 Å². The number of hydrogen-bond donors (Lipinski definition) is 2. The van der Waals surface area contributed by atoms with Gasteiger partial charge in [0, 0.05) is 16.6 Å². The third-order valence-electron chi connectivity index (χ3n) is 2.38. The molecule has 0 heterocycles. The minimum Gasteiger partial charge on any atom is -0.389 e. The summed E-state index contributed by atoms with van der Waals surface area (Å²) >= 11 is 3.46. The summed E-state index contributed by atoms with van der Waals surface area (Å²) in [5.74, 6) is -0.161. The van der Waals surface area contributed by atoms with E-state index in [4.69, 9.17) is 0 Å². The first-order valence-corrected chi connectivity index (χ1v) is 6.27. The summed E-state index contributed by atoms with van der Waals surface area (Å²) in [4.78, 5) is 11.9. The predicted octanol–water partition coefficient (Wildman–Crippen LogP) is 2.57. The molecule has 1 amide bonds. The van der Waals surface area contributed by atoms with Gasteiger partial charge in [0.05, 0.1) is 5.60 Å². The number of benzene rings is 1. The zero-order chi connectivity index (χ0) is 13.2. The lowest BCUT2D eigenvalue weighted by atomic mass is 10.1. The highest BCUT2D eigenvalue weighted by Crippen LogP contribution is 2.22. The van der Waals surface area contributed by atoms with Crippen LogP contribution < -0.4 is 5.32 Å². The van der Waals surface area contributed by atoms with E-state index in [2.05, 4.69) is 21.2 Å². The van der Waals surface area contributed by atoms with E-state index in [1.807, 2.05) is 26.0 Å². The fraction of sp³-hybridized carbons (Fsp3) is 0.462. The van der Waals surface area contributed by atoms with Crippen molar-refractivity contribution < 1.29 is 9.90 Å². The molecule has 0 aliphatic carbocycles. The summed E-state index contributed by atoms with van der Waals surface area (Å²) < 4.78 is 1.02. The Morgan fingerprint density at radius 2 is 1.82 bits per heavy atom. The van der Waals surface area contributed by atoms with Crippen LogP contribution in [0.2, 0.25) is 0 Å². The van der Waals surface area contributed by atoms with E-state index in [1.54, 1.807) is 13.8 Å². The van der Waals surface area contributed by atoms with Gasteiger partial charge in [0.1, 0.15) is 0 Å². The number of halogens is 1. The Morgan fingerprint density at radius 3 is 2.24 bits per heavy atom. The van der Waals surface area contributed by atoms with Crippen LogP contribution in [0.25, 0.3) is 0 Å². The zero-order valence-corrected chi connectivity index (χ0v) is 12.2. The normalized spacial score (nSPS) is 11.4. The number of carbonyl (C=O) groups is 1. The van der Waals surface area contributed by atoms with Crippen molar-refractivity contribution in [2.75, 3.05) is 6.54 Å². The highest BCUT2D eigenvalue weighted by atomic mass is 79.9. The average Bonchev–Trinajstić information content (AvgIpc) is 2.20. The third kappa shape index (κ3) is 4.13. The minimum atomic E-state index is -0.894. The number of amides is 1. The molecule has 0 radical (unpaired) electrons. The Kier molecular flexibility index (Phi) is 4.33. The van der Waals surface area contributed by atoms with Crippen LogP contribution in [-0.2, 0) is 0 Å². The van der Waals surface area contributed by atoms with Crippen molar-refractivity contribution in [1.29, 1.82) is 0 Å². The third-order valence-corrected chi connectivity index (χ3v) is 3.63. The van der Waals surface area contributed by atoms with Crippen molar-refractivity contribution in [3.05, 3.63) is 33.3 Å². The van der Waals surface area contributed by atoms with Gasteiger partial charge in [0.25, 0.3) is 5.91 Å². The summed E-state index contributed by atoms with van der Waals surface area (Å²) in [6, 6.07) is 3.66. The van der Waals surface area contributed by atoms with Crippen LogP contribution in [0.1, 0.15) is 35.3 Å². The Hall–Kier alpha value is -0.870. The van der Waals surface area contributed by atoms with Crippen LogP contribution in [0.3, 0.4) is 0 Å². The maximum Gasteiger partial charge on any atom is 0.251 e. The van der Waals surface area contributed by atoms with Crippen molar-refractivity contribution in [3.63, 3.8) is 0 Å². The Balaban J connectivity index is 2.84. The molecule has 0 aliphatic rings. The maximum atomic E-state index is 11.9. The molecule has 2 N–H and O–H groups in total. The number of carbonyl (C=O) groups excluding carboxylic acids is 1. The SMILES string of the molecule is Cc1cc(C(=O)NCC(C)(C)O)cc(C)c1Br. The van der Waals surface area contributed by atoms with Gasteiger partial charge >= 0.3 is 0 Å². The highest BCUT2D eigenvalue weighted by Gasteiger charge is 2.15. The molecule has 17 heavy (non-hydrogen) atoms. The molecule has 0 atom stereocenters. The lowest BCUT2D eigenvalue weighted by Gasteiger charge is -2.18. The number of aryl methyl sites for hydroxylation is 2. The van der Waals surface area contributed by atoms with Crippen molar-refractivity contribution in [1.82, 2.24) is 5.32 Å². The quantitative estimate of drug-likeness (QED) is 0.901. The standard InChI is InChI=1S/C13H18BrNO2/c1-8-5-10(6-9(2)11(8)14)12(16)15-7-13(3,4)17/h5-6,17H,7H2,1-4H3,(H,15,16). The first-order valence-electron chi connectivity index (χ1n) is 5.48. The topological polar surface area (TPSA) is 49.3 Å². The van der Waals surface area contributed by atoms with E-state index in [0.29, 0.717) is 5.56 Å². The van der Waals surface area contributed by atoms with Crippen LogP contribution in [0.4, 0.5) is 0 Å². The minimum absolute atomic E-state index is 0.161. The van der Waals surface area contributed by atoms with Gasteiger partial charge in [-0.2, -0.15) is 0 Å². The molecule has 0 fully saturated rings. The fourth-order valence-electron chi connectivity index (χ4n) is 1.48. The summed E-state index contributed by atoms with van der Waals surface area (Å²) in [6.07, 6.45) is 0. The molecule has 4 heteroatoms. The second-order valence-electron chi connectivity index (χ2n) is 4.92. The van der Waals surface area contributed by atoms with Gasteiger partial charge in [0.15, 0.2) is 0 Å². The second-order valence-corrected chi connectivity index (χ2v) is 5.71. The Bertz CT molecular complexity index is 413.